The van der Waals surface area contributed by atoms with E-state index in [9.17, 15) is 9.59 Å². The minimum atomic E-state index is -0.548. The van der Waals surface area contributed by atoms with Crippen LogP contribution in [-0.4, -0.2) is 13.0 Å². The van der Waals surface area contributed by atoms with Crippen molar-refractivity contribution < 1.29 is 13.9 Å². The molecule has 0 unspecified atom stereocenters. The van der Waals surface area contributed by atoms with Crippen molar-refractivity contribution in [2.45, 2.75) is 0 Å². The number of amides is 1. The zero-order chi connectivity index (χ0) is 16.4. The first-order chi connectivity index (χ1) is 11.1. The molecule has 5 nitrogen and oxygen atoms in total. The molecule has 23 heavy (non-hydrogen) atoms. The summed E-state index contributed by atoms with van der Waals surface area (Å²) in [5, 5.41) is 3.36. The molecule has 1 amide bonds. The maximum absolute atomic E-state index is 12.3. The highest BCUT2D eigenvalue weighted by Crippen LogP contribution is 2.22. The highest BCUT2D eigenvalue weighted by Gasteiger charge is 2.14. The fourth-order valence-corrected chi connectivity index (χ4v) is 2.30. The number of halogens is 1. The highest BCUT2D eigenvalue weighted by molar-refractivity contribution is 6.33. The summed E-state index contributed by atoms with van der Waals surface area (Å²) in [7, 11) is 1.51. The van der Waals surface area contributed by atoms with Crippen molar-refractivity contribution in [1.29, 1.82) is 0 Å². The number of ether oxygens (including phenoxy) is 1. The number of rotatable bonds is 3. The molecule has 0 aliphatic carbocycles. The molecule has 0 atom stereocenters. The van der Waals surface area contributed by atoms with E-state index in [0.717, 1.165) is 6.07 Å². The smallest absolute Gasteiger partial charge is 0.291 e. The molecule has 0 saturated heterocycles. The number of fused-ring (bicyclic) bond motifs is 1. The van der Waals surface area contributed by atoms with Crippen molar-refractivity contribution in [1.82, 2.24) is 0 Å². The Bertz CT molecular complexity index is 949. The molecule has 3 rings (SSSR count). The molecule has 6 heteroatoms. The van der Waals surface area contributed by atoms with E-state index in [4.69, 9.17) is 20.8 Å². The van der Waals surface area contributed by atoms with Crippen molar-refractivity contribution in [2.24, 2.45) is 0 Å². The van der Waals surface area contributed by atoms with E-state index >= 15 is 0 Å². The Kier molecular flexibility index (Phi) is 4.04. The fraction of sp³-hybridized carbons (Fsp3) is 0.0588. The summed E-state index contributed by atoms with van der Waals surface area (Å²) in [6, 6.07) is 12.8. The van der Waals surface area contributed by atoms with Crippen molar-refractivity contribution in [3.8, 4) is 5.75 Å². The summed E-state index contributed by atoms with van der Waals surface area (Å²) in [6.45, 7) is 0. The maximum atomic E-state index is 12.3. The third-order valence-corrected chi connectivity index (χ3v) is 3.61. The Labute approximate surface area is 136 Å². The number of hydrogen-bond donors (Lipinski definition) is 1. The van der Waals surface area contributed by atoms with Crippen LogP contribution >= 0.6 is 11.6 Å². The van der Waals surface area contributed by atoms with Crippen LogP contribution in [0.3, 0.4) is 0 Å². The molecule has 1 N–H and O–H groups in total. The lowest BCUT2D eigenvalue weighted by molar-refractivity contribution is 0.0997. The van der Waals surface area contributed by atoms with Crippen molar-refractivity contribution in [3.05, 3.63) is 69.5 Å². The predicted octanol–water partition coefficient (Wildman–Crippen LogP) is 3.71. The Morgan fingerprint density at radius 3 is 2.70 bits per heavy atom. The maximum Gasteiger partial charge on any atom is 0.291 e. The summed E-state index contributed by atoms with van der Waals surface area (Å²) < 4.78 is 10.6. The minimum Gasteiger partial charge on any atom is -0.497 e. The van der Waals surface area contributed by atoms with Crippen molar-refractivity contribution in [3.63, 3.8) is 0 Å². The van der Waals surface area contributed by atoms with Gasteiger partial charge in [-0.15, -0.1) is 0 Å². The fourth-order valence-electron chi connectivity index (χ4n) is 2.12. The zero-order valence-corrected chi connectivity index (χ0v) is 12.9. The number of nitrogens with one attached hydrogen (secondary N) is 1. The van der Waals surface area contributed by atoms with Gasteiger partial charge in [0.15, 0.2) is 11.2 Å². The molecule has 116 valence electrons. The van der Waals surface area contributed by atoms with Gasteiger partial charge in [-0.3, -0.25) is 9.59 Å². The van der Waals surface area contributed by atoms with Crippen LogP contribution in [0.25, 0.3) is 11.0 Å². The third-order valence-electron chi connectivity index (χ3n) is 3.28. The van der Waals surface area contributed by atoms with Gasteiger partial charge >= 0.3 is 0 Å². The molecular weight excluding hydrogens is 318 g/mol. The second kappa shape index (κ2) is 6.14. The van der Waals surface area contributed by atoms with Crippen molar-refractivity contribution >= 4 is 34.2 Å². The van der Waals surface area contributed by atoms with Gasteiger partial charge in [-0.1, -0.05) is 23.7 Å². The van der Waals surface area contributed by atoms with Crippen LogP contribution in [0.1, 0.15) is 10.6 Å². The molecule has 0 spiro atoms. The molecule has 0 aliphatic heterocycles. The van der Waals surface area contributed by atoms with Gasteiger partial charge < -0.3 is 14.5 Å². The van der Waals surface area contributed by atoms with Gasteiger partial charge in [0, 0.05) is 6.07 Å². The SMILES string of the molecule is COc1ccc2oc(C(=O)Nc3ccccc3Cl)cc(=O)c2c1. The van der Waals surface area contributed by atoms with E-state index in [2.05, 4.69) is 5.32 Å². The van der Waals surface area contributed by atoms with E-state index in [1.807, 2.05) is 0 Å². The van der Waals surface area contributed by atoms with E-state index in [1.165, 1.54) is 7.11 Å². The average molecular weight is 330 g/mol. The van der Waals surface area contributed by atoms with Gasteiger partial charge in [-0.05, 0) is 30.3 Å². The van der Waals surface area contributed by atoms with Crippen LogP contribution in [0.5, 0.6) is 5.75 Å². The summed E-state index contributed by atoms with van der Waals surface area (Å²) in [5.74, 6) is -0.0985. The number of benzene rings is 2. The first kappa shape index (κ1) is 15.1. The normalized spacial score (nSPS) is 10.5. The van der Waals surface area contributed by atoms with Gasteiger partial charge in [0.2, 0.25) is 0 Å². The molecule has 0 bridgehead atoms. The largest absolute Gasteiger partial charge is 0.497 e. The van der Waals surface area contributed by atoms with E-state index in [1.54, 1.807) is 42.5 Å². The lowest BCUT2D eigenvalue weighted by atomic mass is 10.2. The summed E-state index contributed by atoms with van der Waals surface area (Å²) in [5.41, 5.74) is 0.425. The predicted molar refractivity (Wildman–Crippen MR) is 88.4 cm³/mol. The van der Waals surface area contributed by atoms with E-state index in [0.29, 0.717) is 27.4 Å². The molecule has 0 fully saturated rings. The van der Waals surface area contributed by atoms with Crippen LogP contribution in [0.15, 0.2) is 57.7 Å². The lowest BCUT2D eigenvalue weighted by Gasteiger charge is -2.07. The summed E-state index contributed by atoms with van der Waals surface area (Å²) >= 11 is 5.99. The second-order valence-electron chi connectivity index (χ2n) is 4.77. The number of para-hydroxylation sites is 1. The Morgan fingerprint density at radius 2 is 1.96 bits per heavy atom. The topological polar surface area (TPSA) is 68.5 Å². The molecule has 3 aromatic rings. The van der Waals surface area contributed by atoms with Crippen molar-refractivity contribution in [2.75, 3.05) is 12.4 Å². The van der Waals surface area contributed by atoms with Gasteiger partial charge in [0.1, 0.15) is 11.3 Å². The van der Waals surface area contributed by atoms with Crippen LogP contribution < -0.4 is 15.5 Å². The first-order valence-corrected chi connectivity index (χ1v) is 7.14. The standard InChI is InChI=1S/C17H12ClNO4/c1-22-10-6-7-15-11(8-10)14(20)9-16(23-15)17(21)19-13-5-3-2-4-12(13)18/h2-9H,1H3,(H,19,21). The number of hydrogen-bond acceptors (Lipinski definition) is 4. The van der Waals surface area contributed by atoms with Gasteiger partial charge in [-0.2, -0.15) is 0 Å². The highest BCUT2D eigenvalue weighted by atomic mass is 35.5. The number of carbonyl (C=O) groups excluding carboxylic acids is 1. The van der Waals surface area contributed by atoms with Crippen LogP contribution in [-0.2, 0) is 0 Å². The van der Waals surface area contributed by atoms with Crippen LogP contribution in [0, 0.1) is 0 Å². The molecule has 0 radical (unpaired) electrons. The quantitative estimate of drug-likeness (QED) is 0.795. The summed E-state index contributed by atoms with van der Waals surface area (Å²) in [4.78, 5) is 24.4. The number of methoxy groups -OCH3 is 1. The molecule has 2 aromatic carbocycles. The summed E-state index contributed by atoms with van der Waals surface area (Å²) in [6.07, 6.45) is 0. The van der Waals surface area contributed by atoms with Crippen LogP contribution in [0.2, 0.25) is 5.02 Å². The van der Waals surface area contributed by atoms with Gasteiger partial charge in [-0.25, -0.2) is 0 Å². The second-order valence-corrected chi connectivity index (χ2v) is 5.18. The average Bonchev–Trinajstić information content (AvgIpc) is 2.56. The number of anilines is 1. The van der Waals surface area contributed by atoms with Crippen LogP contribution in [0.4, 0.5) is 5.69 Å². The molecule has 1 aromatic heterocycles. The lowest BCUT2D eigenvalue weighted by Crippen LogP contribution is -2.15. The third kappa shape index (κ3) is 3.05. The molecular formula is C17H12ClNO4. The zero-order valence-electron chi connectivity index (χ0n) is 12.1. The van der Waals surface area contributed by atoms with E-state index in [-0.39, 0.29) is 11.2 Å². The Morgan fingerprint density at radius 1 is 1.17 bits per heavy atom. The molecule has 1 heterocycles. The minimum absolute atomic E-state index is 0.0902. The monoisotopic (exact) mass is 329 g/mol. The first-order valence-electron chi connectivity index (χ1n) is 6.76. The van der Waals surface area contributed by atoms with E-state index < -0.39 is 5.91 Å². The number of carbonyl (C=O) groups is 1. The Balaban J connectivity index is 1.98. The molecule has 0 saturated carbocycles. The van der Waals surface area contributed by atoms with Gasteiger partial charge in [0.25, 0.3) is 5.91 Å². The Hall–Kier alpha value is -2.79. The van der Waals surface area contributed by atoms with Gasteiger partial charge in [0.05, 0.1) is 23.2 Å². The molecule has 0 aliphatic rings.